The summed E-state index contributed by atoms with van der Waals surface area (Å²) in [6.45, 7) is 6.31. The molecule has 0 aliphatic carbocycles. The van der Waals surface area contributed by atoms with E-state index in [4.69, 9.17) is 4.74 Å². The predicted octanol–water partition coefficient (Wildman–Crippen LogP) is 4.39. The predicted molar refractivity (Wildman–Crippen MR) is 81.2 cm³/mol. The van der Waals surface area contributed by atoms with Gasteiger partial charge in [0.15, 0.2) is 0 Å². The molecule has 0 fully saturated rings. The van der Waals surface area contributed by atoms with Crippen molar-refractivity contribution in [3.63, 3.8) is 0 Å². The van der Waals surface area contributed by atoms with E-state index in [0.29, 0.717) is 6.04 Å². The van der Waals surface area contributed by atoms with Gasteiger partial charge >= 0.3 is 0 Å². The van der Waals surface area contributed by atoms with Crippen molar-refractivity contribution in [2.75, 3.05) is 13.2 Å². The summed E-state index contributed by atoms with van der Waals surface area (Å²) in [6.07, 6.45) is 4.70. The van der Waals surface area contributed by atoms with Gasteiger partial charge < -0.3 is 10.1 Å². The fourth-order valence-electron chi connectivity index (χ4n) is 1.92. The minimum absolute atomic E-state index is 0.585. The summed E-state index contributed by atoms with van der Waals surface area (Å²) in [7, 11) is 0. The molecule has 1 atom stereocenters. The summed E-state index contributed by atoms with van der Waals surface area (Å²) < 4.78 is 6.84. The fourth-order valence-corrected chi connectivity index (χ4v) is 2.30. The van der Waals surface area contributed by atoms with Crippen LogP contribution in [0, 0.1) is 0 Å². The summed E-state index contributed by atoms with van der Waals surface area (Å²) >= 11 is 3.45. The number of hydrogen-bond donors (Lipinski definition) is 1. The first kappa shape index (κ1) is 15.5. The molecule has 1 aromatic carbocycles. The van der Waals surface area contributed by atoms with E-state index in [9.17, 15) is 0 Å². The molecule has 0 heterocycles. The van der Waals surface area contributed by atoms with Gasteiger partial charge in [-0.25, -0.2) is 0 Å². The Morgan fingerprint density at radius 1 is 1.22 bits per heavy atom. The van der Waals surface area contributed by atoms with Gasteiger partial charge in [0.05, 0.1) is 6.61 Å². The lowest BCUT2D eigenvalue weighted by molar-refractivity contribution is 0.280. The molecule has 1 unspecified atom stereocenters. The van der Waals surface area contributed by atoms with E-state index in [1.807, 2.05) is 24.3 Å². The Morgan fingerprint density at radius 2 is 2.06 bits per heavy atom. The maximum absolute atomic E-state index is 5.77. The Morgan fingerprint density at radius 3 is 2.72 bits per heavy atom. The minimum Gasteiger partial charge on any atom is -0.493 e. The molecule has 0 saturated carbocycles. The van der Waals surface area contributed by atoms with Crippen LogP contribution in [0.5, 0.6) is 5.75 Å². The Bertz CT molecular complexity index is 330. The molecule has 102 valence electrons. The maximum atomic E-state index is 5.77. The van der Waals surface area contributed by atoms with Gasteiger partial charge in [-0.1, -0.05) is 42.3 Å². The van der Waals surface area contributed by atoms with Gasteiger partial charge in [0, 0.05) is 10.5 Å². The van der Waals surface area contributed by atoms with Crippen molar-refractivity contribution >= 4 is 15.9 Å². The summed E-state index contributed by atoms with van der Waals surface area (Å²) in [6, 6.07) is 8.60. The monoisotopic (exact) mass is 313 g/mol. The molecule has 1 rings (SSSR count). The zero-order valence-corrected chi connectivity index (χ0v) is 13.0. The first-order valence-corrected chi connectivity index (χ1v) is 7.67. The third-order valence-corrected chi connectivity index (χ3v) is 3.34. The summed E-state index contributed by atoms with van der Waals surface area (Å²) in [5.74, 6) is 0.940. The van der Waals surface area contributed by atoms with Gasteiger partial charge in [0.2, 0.25) is 0 Å². The Hall–Kier alpha value is -0.540. The molecule has 0 aliphatic heterocycles. The molecule has 0 amide bonds. The second kappa shape index (κ2) is 9.40. The van der Waals surface area contributed by atoms with Crippen LogP contribution in [0.25, 0.3) is 0 Å². The second-order valence-electron chi connectivity index (χ2n) is 4.53. The molecular weight excluding hydrogens is 290 g/mol. The van der Waals surface area contributed by atoms with Crippen molar-refractivity contribution < 1.29 is 4.74 Å². The van der Waals surface area contributed by atoms with Crippen molar-refractivity contribution in [3.05, 3.63) is 28.7 Å². The van der Waals surface area contributed by atoms with Gasteiger partial charge in [-0.15, -0.1) is 0 Å². The van der Waals surface area contributed by atoms with Crippen LogP contribution in [-0.2, 0) is 0 Å². The molecule has 2 nitrogen and oxygen atoms in total. The third kappa shape index (κ3) is 6.41. The van der Waals surface area contributed by atoms with E-state index in [1.54, 1.807) is 0 Å². The number of rotatable bonds is 9. The van der Waals surface area contributed by atoms with Gasteiger partial charge in [-0.2, -0.15) is 0 Å². The number of halogens is 1. The highest BCUT2D eigenvalue weighted by Crippen LogP contribution is 2.18. The van der Waals surface area contributed by atoms with Crippen LogP contribution >= 0.6 is 15.9 Å². The molecular formula is C15H24BrNO. The number of nitrogens with one attached hydrogen (secondary N) is 1. The van der Waals surface area contributed by atoms with E-state index in [1.165, 1.54) is 19.3 Å². The maximum Gasteiger partial charge on any atom is 0.120 e. The molecule has 3 heteroatoms. The lowest BCUT2D eigenvalue weighted by Gasteiger charge is -2.18. The molecule has 1 aromatic rings. The lowest BCUT2D eigenvalue weighted by Crippen LogP contribution is -2.31. The van der Waals surface area contributed by atoms with Gasteiger partial charge in [0.25, 0.3) is 0 Å². The van der Waals surface area contributed by atoms with Crippen molar-refractivity contribution in [1.82, 2.24) is 5.32 Å². The SMILES string of the molecule is CCCNC(CCC)CCOc1cccc(Br)c1. The quantitative estimate of drug-likeness (QED) is 0.730. The highest BCUT2D eigenvalue weighted by atomic mass is 79.9. The molecule has 18 heavy (non-hydrogen) atoms. The molecule has 0 aromatic heterocycles. The van der Waals surface area contributed by atoms with Crippen LogP contribution in [0.1, 0.15) is 39.5 Å². The number of benzene rings is 1. The van der Waals surface area contributed by atoms with E-state index in [-0.39, 0.29) is 0 Å². The standard InChI is InChI=1S/C15H24BrNO/c1-3-6-14(17-10-4-2)9-11-18-15-8-5-7-13(16)12-15/h5,7-8,12,14,17H,3-4,6,9-11H2,1-2H3. The Balaban J connectivity index is 2.29. The fraction of sp³-hybridized carbons (Fsp3) is 0.600. The lowest BCUT2D eigenvalue weighted by atomic mass is 10.1. The second-order valence-corrected chi connectivity index (χ2v) is 5.45. The highest BCUT2D eigenvalue weighted by molar-refractivity contribution is 9.10. The van der Waals surface area contributed by atoms with E-state index >= 15 is 0 Å². The summed E-state index contributed by atoms with van der Waals surface area (Å²) in [5, 5.41) is 3.58. The Kier molecular flexibility index (Phi) is 8.10. The number of ether oxygens (including phenoxy) is 1. The summed E-state index contributed by atoms with van der Waals surface area (Å²) in [5.41, 5.74) is 0. The minimum atomic E-state index is 0.585. The first-order valence-electron chi connectivity index (χ1n) is 6.88. The van der Waals surface area contributed by atoms with E-state index in [0.717, 1.165) is 29.8 Å². The zero-order chi connectivity index (χ0) is 13.2. The van der Waals surface area contributed by atoms with E-state index < -0.39 is 0 Å². The van der Waals surface area contributed by atoms with Crippen LogP contribution in [0.4, 0.5) is 0 Å². The summed E-state index contributed by atoms with van der Waals surface area (Å²) in [4.78, 5) is 0. The smallest absolute Gasteiger partial charge is 0.120 e. The average molecular weight is 314 g/mol. The van der Waals surface area contributed by atoms with Crippen molar-refractivity contribution in [1.29, 1.82) is 0 Å². The molecule has 0 saturated heterocycles. The van der Waals surface area contributed by atoms with Crippen LogP contribution in [0.15, 0.2) is 28.7 Å². The topological polar surface area (TPSA) is 21.3 Å². The van der Waals surface area contributed by atoms with Crippen LogP contribution in [-0.4, -0.2) is 19.2 Å². The van der Waals surface area contributed by atoms with Crippen LogP contribution in [0.2, 0.25) is 0 Å². The molecule has 0 aliphatic rings. The van der Waals surface area contributed by atoms with Crippen molar-refractivity contribution in [2.45, 2.75) is 45.6 Å². The van der Waals surface area contributed by atoms with Crippen LogP contribution < -0.4 is 10.1 Å². The molecule has 0 radical (unpaired) electrons. The molecule has 0 bridgehead atoms. The number of hydrogen-bond acceptors (Lipinski definition) is 2. The third-order valence-electron chi connectivity index (χ3n) is 2.85. The zero-order valence-electron chi connectivity index (χ0n) is 11.4. The van der Waals surface area contributed by atoms with Gasteiger partial charge in [-0.05, 0) is 44.0 Å². The normalized spacial score (nSPS) is 12.4. The molecule has 0 spiro atoms. The molecule has 1 N–H and O–H groups in total. The first-order chi connectivity index (χ1) is 8.76. The van der Waals surface area contributed by atoms with Crippen LogP contribution in [0.3, 0.4) is 0 Å². The van der Waals surface area contributed by atoms with Gasteiger partial charge in [-0.3, -0.25) is 0 Å². The average Bonchev–Trinajstić information content (AvgIpc) is 2.36. The highest BCUT2D eigenvalue weighted by Gasteiger charge is 2.06. The van der Waals surface area contributed by atoms with Crippen molar-refractivity contribution in [3.8, 4) is 5.75 Å². The largest absolute Gasteiger partial charge is 0.493 e. The van der Waals surface area contributed by atoms with E-state index in [2.05, 4.69) is 35.1 Å². The Labute approximate surface area is 119 Å². The van der Waals surface area contributed by atoms with Crippen molar-refractivity contribution in [2.24, 2.45) is 0 Å². The van der Waals surface area contributed by atoms with Gasteiger partial charge in [0.1, 0.15) is 5.75 Å².